The Kier molecular flexibility index (Phi) is 12.5. The van der Waals surface area contributed by atoms with E-state index in [0.29, 0.717) is 16.3 Å². The number of hydrogen-bond acceptors (Lipinski definition) is 8. The summed E-state index contributed by atoms with van der Waals surface area (Å²) in [6, 6.07) is 10.1. The molecule has 0 saturated heterocycles. The Morgan fingerprint density at radius 3 is 2.21 bits per heavy atom. The quantitative estimate of drug-likeness (QED) is 0.277. The summed E-state index contributed by atoms with van der Waals surface area (Å²) < 4.78 is 44.1. The molecule has 3 aromatic rings. The number of nitrogens with zero attached hydrogens (tertiary/aromatic N) is 2. The summed E-state index contributed by atoms with van der Waals surface area (Å²) in [5.74, 6) is -2.00. The molecule has 0 radical (unpaired) electrons. The summed E-state index contributed by atoms with van der Waals surface area (Å²) >= 11 is 5.89. The number of halogens is 1. The normalized spacial score (nSPS) is 10.9. The second kappa shape index (κ2) is 13.3. The first kappa shape index (κ1) is 32.1. The summed E-state index contributed by atoms with van der Waals surface area (Å²) in [6.45, 7) is 1.58. The van der Waals surface area contributed by atoms with Gasteiger partial charge in [-0.15, -0.1) is 10.2 Å². The maximum absolute atomic E-state index is 11.5. The summed E-state index contributed by atoms with van der Waals surface area (Å²) in [5, 5.41) is 28.2. The molecular formula is C20H20ClN2NaO8S2. The van der Waals surface area contributed by atoms with Crippen LogP contribution in [-0.4, -0.2) is 51.3 Å². The number of carboxylic acid groups (broad SMARTS) is 1. The van der Waals surface area contributed by atoms with Crippen molar-refractivity contribution in [3.63, 3.8) is 0 Å². The van der Waals surface area contributed by atoms with E-state index in [1.807, 2.05) is 0 Å². The fraction of sp³-hybridized carbons (Fsp3) is 0.150. The van der Waals surface area contributed by atoms with Gasteiger partial charge in [-0.25, -0.2) is 13.2 Å². The van der Waals surface area contributed by atoms with Gasteiger partial charge in [-0.2, -0.15) is 0 Å². The number of aryl methyl sites for hydroxylation is 1. The number of rotatable bonds is 4. The van der Waals surface area contributed by atoms with Gasteiger partial charge in [-0.05, 0) is 36.1 Å². The van der Waals surface area contributed by atoms with Crippen molar-refractivity contribution in [3.05, 3.63) is 58.6 Å². The molecule has 0 aliphatic carbocycles. The van der Waals surface area contributed by atoms with E-state index < -0.39 is 43.1 Å². The van der Waals surface area contributed by atoms with Gasteiger partial charge in [-0.3, -0.25) is 4.21 Å². The largest absolute Gasteiger partial charge is 1.00 e. The molecule has 0 aromatic heterocycles. The Labute approximate surface area is 225 Å². The average Bonchev–Trinajstić information content (AvgIpc) is 2.67. The molecule has 0 spiro atoms. The number of benzene rings is 3. The van der Waals surface area contributed by atoms with Crippen LogP contribution >= 0.6 is 11.6 Å². The monoisotopic (exact) mass is 538 g/mol. The van der Waals surface area contributed by atoms with Crippen molar-refractivity contribution in [2.24, 2.45) is 10.2 Å². The molecule has 178 valence electrons. The third-order valence-electron chi connectivity index (χ3n) is 3.99. The van der Waals surface area contributed by atoms with Crippen molar-refractivity contribution in [1.82, 2.24) is 0 Å². The number of aromatic carboxylic acids is 1. The number of phenols is 1. The van der Waals surface area contributed by atoms with Crippen LogP contribution in [0.2, 0.25) is 5.02 Å². The third-order valence-corrected chi connectivity index (χ3v) is 5.27. The average molecular weight is 539 g/mol. The number of aromatic hydroxyl groups is 1. The SMILES string of the molecule is CS(C)=O.Cc1cc(N=Nc2c(O)c(C(=O)O)cc3ccccc23)c(S(=O)(=O)[O-])cc1Cl.O.[Na+]. The molecule has 0 fully saturated rings. The van der Waals surface area contributed by atoms with E-state index >= 15 is 0 Å². The zero-order chi connectivity index (χ0) is 24.2. The van der Waals surface area contributed by atoms with Crippen LogP contribution in [0, 0.1) is 6.92 Å². The maximum Gasteiger partial charge on any atom is 1.00 e. The van der Waals surface area contributed by atoms with Crippen LogP contribution < -0.4 is 29.6 Å². The van der Waals surface area contributed by atoms with Crippen molar-refractivity contribution in [1.29, 1.82) is 0 Å². The Morgan fingerprint density at radius 2 is 1.68 bits per heavy atom. The minimum Gasteiger partial charge on any atom is -0.744 e. The molecule has 0 atom stereocenters. The molecule has 0 unspecified atom stereocenters. The van der Waals surface area contributed by atoms with E-state index in [1.54, 1.807) is 43.7 Å². The van der Waals surface area contributed by atoms with Gasteiger partial charge in [0.15, 0.2) is 5.75 Å². The molecule has 10 nitrogen and oxygen atoms in total. The van der Waals surface area contributed by atoms with Crippen LogP contribution in [0.4, 0.5) is 11.4 Å². The van der Waals surface area contributed by atoms with E-state index in [9.17, 15) is 32.2 Å². The number of carboxylic acids is 1. The molecule has 34 heavy (non-hydrogen) atoms. The Bertz CT molecular complexity index is 1360. The zero-order valence-corrected chi connectivity index (χ0v) is 23.0. The standard InChI is InChI=1S/C18H13ClN2O6S.C2H6OS.Na.H2O/c1-9-6-14(15(8-13(9)19)28(25,26)27)20-21-16-11-5-3-2-4-10(11)7-12(17(16)22)18(23)24;1-4(2)3;;/h2-8,22H,1H3,(H,23,24)(H,25,26,27);1-2H3;;1H2/q;;+1;/p-1. The molecule has 14 heteroatoms. The van der Waals surface area contributed by atoms with Crippen LogP contribution in [0.15, 0.2) is 57.6 Å². The van der Waals surface area contributed by atoms with E-state index in [0.717, 1.165) is 6.07 Å². The van der Waals surface area contributed by atoms with Crippen molar-refractivity contribution >= 4 is 60.6 Å². The Morgan fingerprint density at radius 1 is 1.12 bits per heavy atom. The molecule has 4 N–H and O–H groups in total. The first-order chi connectivity index (χ1) is 14.8. The molecule has 3 rings (SSSR count). The van der Waals surface area contributed by atoms with Gasteiger partial charge < -0.3 is 20.2 Å². The van der Waals surface area contributed by atoms with Crippen molar-refractivity contribution in [2.45, 2.75) is 11.8 Å². The van der Waals surface area contributed by atoms with E-state index in [2.05, 4.69) is 10.2 Å². The zero-order valence-electron chi connectivity index (χ0n) is 18.6. The molecule has 0 amide bonds. The number of fused-ring (bicyclic) bond motifs is 1. The van der Waals surface area contributed by atoms with Gasteiger partial charge in [0.1, 0.15) is 27.1 Å². The minimum absolute atomic E-state index is 0. The first-order valence-electron chi connectivity index (χ1n) is 8.73. The molecule has 0 aliphatic rings. The van der Waals surface area contributed by atoms with Gasteiger partial charge in [0.25, 0.3) is 0 Å². The van der Waals surface area contributed by atoms with Crippen LogP contribution in [-0.2, 0) is 20.9 Å². The van der Waals surface area contributed by atoms with Crippen LogP contribution in [0.25, 0.3) is 10.8 Å². The minimum atomic E-state index is -4.90. The summed E-state index contributed by atoms with van der Waals surface area (Å²) in [5.41, 5.74) is -0.383. The molecule has 0 bridgehead atoms. The van der Waals surface area contributed by atoms with Gasteiger partial charge in [0, 0.05) is 33.7 Å². The van der Waals surface area contributed by atoms with Gasteiger partial charge >= 0.3 is 35.5 Å². The molecule has 3 aromatic carbocycles. The van der Waals surface area contributed by atoms with E-state index in [-0.39, 0.29) is 51.4 Å². The topological polar surface area (TPSA) is 188 Å². The van der Waals surface area contributed by atoms with Crippen LogP contribution in [0.3, 0.4) is 0 Å². The smallest absolute Gasteiger partial charge is 0.744 e. The summed E-state index contributed by atoms with van der Waals surface area (Å²) in [4.78, 5) is 10.7. The van der Waals surface area contributed by atoms with Crippen LogP contribution in [0.1, 0.15) is 15.9 Å². The first-order valence-corrected chi connectivity index (χ1v) is 12.5. The molecule has 0 aliphatic heterocycles. The fourth-order valence-corrected chi connectivity index (χ4v) is 3.46. The van der Waals surface area contributed by atoms with Crippen molar-refractivity contribution in [3.8, 4) is 5.75 Å². The van der Waals surface area contributed by atoms with Crippen LogP contribution in [0.5, 0.6) is 5.75 Å². The van der Waals surface area contributed by atoms with E-state index in [4.69, 9.17) is 11.6 Å². The second-order valence-corrected chi connectivity index (χ2v) is 9.85. The van der Waals surface area contributed by atoms with Gasteiger partial charge in [0.05, 0.1) is 4.90 Å². The van der Waals surface area contributed by atoms with E-state index in [1.165, 1.54) is 12.1 Å². The predicted molar refractivity (Wildman–Crippen MR) is 125 cm³/mol. The van der Waals surface area contributed by atoms with Gasteiger partial charge in [0.2, 0.25) is 0 Å². The third kappa shape index (κ3) is 8.10. The van der Waals surface area contributed by atoms with Crippen molar-refractivity contribution in [2.75, 3.05) is 12.5 Å². The molecular weight excluding hydrogens is 519 g/mol. The maximum atomic E-state index is 11.5. The van der Waals surface area contributed by atoms with Crippen molar-refractivity contribution < 1.29 is 67.2 Å². The number of hydrogen-bond donors (Lipinski definition) is 2. The summed E-state index contributed by atoms with van der Waals surface area (Å²) in [7, 11) is -5.51. The fourth-order valence-electron chi connectivity index (χ4n) is 2.61. The Balaban J connectivity index is 0.00000168. The molecule has 0 heterocycles. The second-order valence-electron chi connectivity index (χ2n) is 6.61. The van der Waals surface area contributed by atoms with Gasteiger partial charge in [-0.1, -0.05) is 35.9 Å². The number of carbonyl (C=O) groups is 1. The molecule has 0 saturated carbocycles. The Hall–Kier alpha value is -1.90. The summed E-state index contributed by atoms with van der Waals surface area (Å²) in [6.07, 6.45) is 3.28. The number of azo groups is 1. The predicted octanol–water partition coefficient (Wildman–Crippen LogP) is 0.699.